The van der Waals surface area contributed by atoms with Gasteiger partial charge in [-0.05, 0) is 12.0 Å². The van der Waals surface area contributed by atoms with Crippen molar-refractivity contribution in [1.29, 1.82) is 0 Å². The molecular formula is C11H10F4O2. The van der Waals surface area contributed by atoms with Crippen LogP contribution in [0.5, 0.6) is 0 Å². The first-order valence-electron chi connectivity index (χ1n) is 4.83. The Bertz CT molecular complexity index is 378. The van der Waals surface area contributed by atoms with Gasteiger partial charge in [-0.2, -0.15) is 0 Å². The summed E-state index contributed by atoms with van der Waals surface area (Å²) in [6, 6.07) is 3.19. The maximum absolute atomic E-state index is 12.6. The average molecular weight is 250 g/mol. The predicted octanol–water partition coefficient (Wildman–Crippen LogP) is 3.58. The number of benzene rings is 1. The Balaban J connectivity index is 3.14. The van der Waals surface area contributed by atoms with Gasteiger partial charge in [0.2, 0.25) is 0 Å². The Morgan fingerprint density at radius 2 is 1.59 bits per heavy atom. The number of carboxylic acids is 1. The van der Waals surface area contributed by atoms with Crippen molar-refractivity contribution in [3.05, 3.63) is 34.9 Å². The molecule has 0 atom stereocenters. The van der Waals surface area contributed by atoms with Crippen molar-refractivity contribution in [1.82, 2.24) is 0 Å². The monoisotopic (exact) mass is 250 g/mol. The van der Waals surface area contributed by atoms with Gasteiger partial charge in [-0.3, -0.25) is 4.79 Å². The fourth-order valence-corrected chi connectivity index (χ4v) is 1.55. The van der Waals surface area contributed by atoms with E-state index in [1.54, 1.807) is 0 Å². The summed E-state index contributed by atoms with van der Waals surface area (Å²) in [5.41, 5.74) is -1.31. The largest absolute Gasteiger partial charge is 0.481 e. The Morgan fingerprint density at radius 1 is 1.12 bits per heavy atom. The number of hydrogen-bond donors (Lipinski definition) is 1. The lowest BCUT2D eigenvalue weighted by molar-refractivity contribution is -0.137. The summed E-state index contributed by atoms with van der Waals surface area (Å²) in [5.74, 6) is -1.21. The van der Waals surface area contributed by atoms with Crippen LogP contribution in [-0.4, -0.2) is 11.1 Å². The normalized spacial score (nSPS) is 11.2. The molecule has 0 amide bonds. The molecule has 0 fully saturated rings. The van der Waals surface area contributed by atoms with E-state index >= 15 is 0 Å². The van der Waals surface area contributed by atoms with Crippen molar-refractivity contribution in [2.75, 3.05) is 0 Å². The summed E-state index contributed by atoms with van der Waals surface area (Å²) in [4.78, 5) is 10.4. The second-order valence-electron chi connectivity index (χ2n) is 3.41. The van der Waals surface area contributed by atoms with Crippen LogP contribution in [0, 0.1) is 0 Å². The van der Waals surface area contributed by atoms with Gasteiger partial charge in [0.1, 0.15) is 0 Å². The zero-order valence-electron chi connectivity index (χ0n) is 8.67. The highest BCUT2D eigenvalue weighted by Crippen LogP contribution is 2.31. The number of alkyl halides is 4. The Kier molecular flexibility index (Phi) is 4.48. The zero-order valence-corrected chi connectivity index (χ0v) is 8.67. The maximum atomic E-state index is 12.6. The van der Waals surface area contributed by atoms with Crippen molar-refractivity contribution in [2.24, 2.45) is 0 Å². The second-order valence-corrected chi connectivity index (χ2v) is 3.41. The summed E-state index contributed by atoms with van der Waals surface area (Å²) in [7, 11) is 0. The van der Waals surface area contributed by atoms with E-state index < -0.39 is 36.4 Å². The minimum atomic E-state index is -2.89. The van der Waals surface area contributed by atoms with Crippen LogP contribution in [0.4, 0.5) is 17.6 Å². The summed E-state index contributed by atoms with van der Waals surface area (Å²) in [6.45, 7) is 0. The van der Waals surface area contributed by atoms with Crippen LogP contribution in [0.3, 0.4) is 0 Å². The lowest BCUT2D eigenvalue weighted by Gasteiger charge is -2.13. The Hall–Kier alpha value is -1.59. The smallest absolute Gasteiger partial charge is 0.303 e. The SMILES string of the molecule is O=C(O)CCc1c(C(F)F)cccc1C(F)F. The van der Waals surface area contributed by atoms with Crippen molar-refractivity contribution in [3.8, 4) is 0 Å². The molecule has 0 heterocycles. The van der Waals surface area contributed by atoms with Crippen LogP contribution >= 0.6 is 0 Å². The average Bonchev–Trinajstić information content (AvgIpc) is 2.25. The van der Waals surface area contributed by atoms with Crippen LogP contribution in [0.2, 0.25) is 0 Å². The lowest BCUT2D eigenvalue weighted by Crippen LogP contribution is -2.05. The van der Waals surface area contributed by atoms with Crippen molar-refractivity contribution < 1.29 is 27.5 Å². The molecule has 0 bridgehead atoms. The number of aliphatic carboxylic acids is 1. The van der Waals surface area contributed by atoms with E-state index in [9.17, 15) is 22.4 Å². The topological polar surface area (TPSA) is 37.3 Å². The first-order valence-corrected chi connectivity index (χ1v) is 4.83. The van der Waals surface area contributed by atoms with Gasteiger partial charge in [0, 0.05) is 17.5 Å². The molecule has 6 heteroatoms. The van der Waals surface area contributed by atoms with Gasteiger partial charge in [0.15, 0.2) is 0 Å². The molecular weight excluding hydrogens is 240 g/mol. The minimum Gasteiger partial charge on any atom is -0.481 e. The third-order valence-corrected chi connectivity index (χ3v) is 2.31. The van der Waals surface area contributed by atoms with Gasteiger partial charge < -0.3 is 5.11 Å². The van der Waals surface area contributed by atoms with E-state index in [1.165, 1.54) is 0 Å². The molecule has 1 aromatic carbocycles. The van der Waals surface area contributed by atoms with Gasteiger partial charge >= 0.3 is 5.97 Å². The third kappa shape index (κ3) is 3.44. The predicted molar refractivity (Wildman–Crippen MR) is 52.3 cm³/mol. The highest BCUT2D eigenvalue weighted by atomic mass is 19.3. The molecule has 0 aliphatic carbocycles. The highest BCUT2D eigenvalue weighted by Gasteiger charge is 2.20. The molecule has 1 rings (SSSR count). The molecule has 0 aliphatic rings. The fourth-order valence-electron chi connectivity index (χ4n) is 1.55. The Morgan fingerprint density at radius 3 is 1.94 bits per heavy atom. The van der Waals surface area contributed by atoms with E-state index in [4.69, 9.17) is 5.11 Å². The number of carboxylic acid groups (broad SMARTS) is 1. The molecule has 1 N–H and O–H groups in total. The van der Waals surface area contributed by atoms with Crippen LogP contribution in [0.15, 0.2) is 18.2 Å². The van der Waals surface area contributed by atoms with E-state index in [1.807, 2.05) is 0 Å². The minimum absolute atomic E-state index is 0.264. The molecule has 0 radical (unpaired) electrons. The molecule has 17 heavy (non-hydrogen) atoms. The van der Waals surface area contributed by atoms with Crippen LogP contribution in [0.25, 0.3) is 0 Å². The standard InChI is InChI=1S/C11H10F4O2/c12-10(13)7-2-1-3-8(11(14)15)6(7)4-5-9(16)17/h1-3,10-11H,4-5H2,(H,16,17). The number of carbonyl (C=O) groups is 1. The highest BCUT2D eigenvalue weighted by molar-refractivity contribution is 5.67. The number of halogens is 4. The zero-order chi connectivity index (χ0) is 13.0. The van der Waals surface area contributed by atoms with Crippen LogP contribution in [-0.2, 0) is 11.2 Å². The molecule has 0 spiro atoms. The quantitative estimate of drug-likeness (QED) is 0.811. The maximum Gasteiger partial charge on any atom is 0.303 e. The molecule has 0 saturated heterocycles. The van der Waals surface area contributed by atoms with Gasteiger partial charge in [-0.15, -0.1) is 0 Å². The van der Waals surface area contributed by atoms with Crippen molar-refractivity contribution >= 4 is 5.97 Å². The fraction of sp³-hybridized carbons (Fsp3) is 0.364. The first kappa shape index (κ1) is 13.5. The summed E-state index contributed by atoms with van der Waals surface area (Å²) in [5, 5.41) is 8.46. The second kappa shape index (κ2) is 5.65. The molecule has 1 aromatic rings. The van der Waals surface area contributed by atoms with E-state index in [0.717, 1.165) is 18.2 Å². The van der Waals surface area contributed by atoms with Gasteiger partial charge in [0.05, 0.1) is 0 Å². The summed E-state index contributed by atoms with van der Waals surface area (Å²) >= 11 is 0. The molecule has 0 aromatic heterocycles. The van der Waals surface area contributed by atoms with Crippen LogP contribution in [0.1, 0.15) is 36.0 Å². The summed E-state index contributed by atoms with van der Waals surface area (Å²) in [6.07, 6.45) is -6.56. The number of hydrogen-bond acceptors (Lipinski definition) is 1. The van der Waals surface area contributed by atoms with E-state index in [0.29, 0.717) is 0 Å². The summed E-state index contributed by atoms with van der Waals surface area (Å²) < 4.78 is 50.4. The number of rotatable bonds is 5. The molecule has 0 aliphatic heterocycles. The van der Waals surface area contributed by atoms with Crippen LogP contribution < -0.4 is 0 Å². The van der Waals surface area contributed by atoms with Crippen molar-refractivity contribution in [3.63, 3.8) is 0 Å². The third-order valence-electron chi connectivity index (χ3n) is 2.31. The van der Waals surface area contributed by atoms with Gasteiger partial charge in [-0.1, -0.05) is 18.2 Å². The van der Waals surface area contributed by atoms with Crippen molar-refractivity contribution in [2.45, 2.75) is 25.7 Å². The molecule has 0 saturated carbocycles. The lowest BCUT2D eigenvalue weighted by atomic mass is 9.97. The molecule has 0 unspecified atom stereocenters. The van der Waals surface area contributed by atoms with E-state index in [2.05, 4.69) is 0 Å². The molecule has 2 nitrogen and oxygen atoms in total. The van der Waals surface area contributed by atoms with E-state index in [-0.39, 0.29) is 12.0 Å². The first-order chi connectivity index (χ1) is 7.93. The Labute approximate surface area is 94.9 Å². The van der Waals surface area contributed by atoms with Gasteiger partial charge in [0.25, 0.3) is 12.9 Å². The van der Waals surface area contributed by atoms with Gasteiger partial charge in [-0.25, -0.2) is 17.6 Å². The molecule has 94 valence electrons.